The molecule has 1 heterocycles. The summed E-state index contributed by atoms with van der Waals surface area (Å²) in [5, 5.41) is 11.4. The molecule has 0 aliphatic heterocycles. The van der Waals surface area contributed by atoms with Crippen LogP contribution in [0, 0.1) is 5.92 Å². The number of nitrogens with zero attached hydrogens (tertiary/aromatic N) is 3. The van der Waals surface area contributed by atoms with Gasteiger partial charge in [0.25, 0.3) is 0 Å². The molecule has 0 bridgehead atoms. The minimum Gasteiger partial charge on any atom is -0.354 e. The highest BCUT2D eigenvalue weighted by atomic mass is 16.2. The lowest BCUT2D eigenvalue weighted by Crippen LogP contribution is -2.31. The number of carbonyl (C=O) groups excluding carboxylic acids is 1. The zero-order valence-electron chi connectivity index (χ0n) is 14.4. The molecule has 3 aliphatic carbocycles. The molecule has 5 nitrogen and oxygen atoms in total. The molecule has 0 saturated heterocycles. The summed E-state index contributed by atoms with van der Waals surface area (Å²) in [5.41, 5.74) is 4.41. The number of fused-ring (bicyclic) bond motifs is 2. The fourth-order valence-electron chi connectivity index (χ4n) is 4.63. The summed E-state index contributed by atoms with van der Waals surface area (Å²) in [5.74, 6) is 1.20. The van der Waals surface area contributed by atoms with Crippen LogP contribution in [0.2, 0.25) is 0 Å². The van der Waals surface area contributed by atoms with Gasteiger partial charge in [0.2, 0.25) is 5.91 Å². The van der Waals surface area contributed by atoms with Crippen molar-refractivity contribution in [2.24, 2.45) is 5.92 Å². The van der Waals surface area contributed by atoms with Crippen LogP contribution in [0.1, 0.15) is 54.8 Å². The van der Waals surface area contributed by atoms with Crippen LogP contribution in [-0.4, -0.2) is 27.4 Å². The average molecular weight is 336 g/mol. The fourth-order valence-corrected chi connectivity index (χ4v) is 4.63. The van der Waals surface area contributed by atoms with Crippen LogP contribution in [0.5, 0.6) is 0 Å². The maximum atomic E-state index is 12.3. The van der Waals surface area contributed by atoms with E-state index in [4.69, 9.17) is 0 Å². The molecule has 1 aromatic heterocycles. The number of benzene rings is 1. The van der Waals surface area contributed by atoms with E-state index in [1.54, 1.807) is 4.68 Å². The van der Waals surface area contributed by atoms with Crippen LogP contribution >= 0.6 is 0 Å². The van der Waals surface area contributed by atoms with Crippen LogP contribution in [0.15, 0.2) is 30.5 Å². The molecule has 2 atom stereocenters. The van der Waals surface area contributed by atoms with Crippen molar-refractivity contribution in [3.05, 3.63) is 47.3 Å². The van der Waals surface area contributed by atoms with Gasteiger partial charge in [-0.25, -0.2) is 4.68 Å². The number of carbonyl (C=O) groups is 1. The molecule has 2 saturated carbocycles. The van der Waals surface area contributed by atoms with Gasteiger partial charge in [-0.2, -0.15) is 0 Å². The quantitative estimate of drug-likeness (QED) is 0.913. The Morgan fingerprint density at radius 3 is 3.08 bits per heavy atom. The van der Waals surface area contributed by atoms with Gasteiger partial charge < -0.3 is 5.32 Å². The highest BCUT2D eigenvalue weighted by Gasteiger charge is 2.56. The summed E-state index contributed by atoms with van der Waals surface area (Å²) < 4.78 is 1.67. The van der Waals surface area contributed by atoms with Crippen molar-refractivity contribution < 1.29 is 4.79 Å². The third kappa shape index (κ3) is 2.75. The van der Waals surface area contributed by atoms with E-state index in [1.807, 2.05) is 6.20 Å². The fraction of sp³-hybridized carbons (Fsp3) is 0.550. The van der Waals surface area contributed by atoms with E-state index in [1.165, 1.54) is 49.7 Å². The van der Waals surface area contributed by atoms with E-state index >= 15 is 0 Å². The molecular weight excluding hydrogens is 312 g/mol. The molecule has 2 aromatic rings. The summed E-state index contributed by atoms with van der Waals surface area (Å²) in [4.78, 5) is 12.3. The van der Waals surface area contributed by atoms with Crippen molar-refractivity contribution >= 4 is 5.91 Å². The zero-order chi connectivity index (χ0) is 16.9. The third-order valence-electron chi connectivity index (χ3n) is 6.26. The summed E-state index contributed by atoms with van der Waals surface area (Å²) >= 11 is 0. The lowest BCUT2D eigenvalue weighted by Gasteiger charge is -2.26. The van der Waals surface area contributed by atoms with Crippen molar-refractivity contribution in [2.75, 3.05) is 6.54 Å². The molecule has 0 radical (unpaired) electrons. The van der Waals surface area contributed by atoms with Gasteiger partial charge in [0, 0.05) is 24.1 Å². The van der Waals surface area contributed by atoms with E-state index in [0.29, 0.717) is 17.3 Å². The molecule has 130 valence electrons. The second-order valence-corrected chi connectivity index (χ2v) is 7.99. The van der Waals surface area contributed by atoms with Crippen molar-refractivity contribution in [3.8, 4) is 0 Å². The minimum absolute atomic E-state index is 0.0402. The first-order valence-electron chi connectivity index (χ1n) is 9.50. The number of hydrogen-bond donors (Lipinski definition) is 1. The molecule has 5 heteroatoms. The number of rotatable bonds is 5. The average Bonchev–Trinajstić information content (AvgIpc) is 3.54. The van der Waals surface area contributed by atoms with Crippen LogP contribution in [0.3, 0.4) is 0 Å². The van der Waals surface area contributed by atoms with Crippen LogP contribution < -0.4 is 5.32 Å². The Balaban J connectivity index is 1.18. The molecular formula is C20H24N4O. The first-order chi connectivity index (χ1) is 12.2. The molecule has 1 aromatic carbocycles. The van der Waals surface area contributed by atoms with Crippen molar-refractivity contribution in [1.29, 1.82) is 0 Å². The Kier molecular flexibility index (Phi) is 3.43. The molecule has 5 rings (SSSR count). The predicted octanol–water partition coefficient (Wildman–Crippen LogP) is 2.57. The molecule has 0 unspecified atom stereocenters. The smallest absolute Gasteiger partial charge is 0.241 e. The molecule has 2 fully saturated rings. The van der Waals surface area contributed by atoms with Crippen molar-refractivity contribution in [3.63, 3.8) is 0 Å². The SMILES string of the molecule is O=C(Cn1cc(C2CC2)nn1)NC[C@@H]1C[C@@]12CCCc1ccccc12. The molecule has 1 amide bonds. The monoisotopic (exact) mass is 336 g/mol. The molecule has 1 N–H and O–H groups in total. The topological polar surface area (TPSA) is 59.8 Å². The Labute approximate surface area is 147 Å². The van der Waals surface area contributed by atoms with E-state index in [2.05, 4.69) is 39.9 Å². The lowest BCUT2D eigenvalue weighted by molar-refractivity contribution is -0.121. The number of nitrogens with one attached hydrogen (secondary N) is 1. The number of hydrogen-bond acceptors (Lipinski definition) is 3. The second kappa shape index (κ2) is 5.68. The summed E-state index contributed by atoms with van der Waals surface area (Å²) in [6, 6.07) is 8.87. The minimum atomic E-state index is 0.0402. The Morgan fingerprint density at radius 1 is 1.32 bits per heavy atom. The highest BCUT2D eigenvalue weighted by Crippen LogP contribution is 2.59. The Bertz CT molecular complexity index is 810. The largest absolute Gasteiger partial charge is 0.354 e. The maximum Gasteiger partial charge on any atom is 0.241 e. The first-order valence-corrected chi connectivity index (χ1v) is 9.50. The zero-order valence-corrected chi connectivity index (χ0v) is 14.4. The highest BCUT2D eigenvalue weighted by molar-refractivity contribution is 5.75. The van der Waals surface area contributed by atoms with E-state index in [-0.39, 0.29) is 12.5 Å². The van der Waals surface area contributed by atoms with E-state index < -0.39 is 0 Å². The van der Waals surface area contributed by atoms with Gasteiger partial charge in [-0.05, 0) is 55.6 Å². The van der Waals surface area contributed by atoms with Gasteiger partial charge >= 0.3 is 0 Å². The van der Waals surface area contributed by atoms with Gasteiger partial charge in [-0.1, -0.05) is 29.5 Å². The normalized spacial score (nSPS) is 27.1. The molecule has 25 heavy (non-hydrogen) atoms. The number of aryl methyl sites for hydroxylation is 1. The summed E-state index contributed by atoms with van der Waals surface area (Å²) in [6.07, 6.45) is 9.27. The van der Waals surface area contributed by atoms with E-state index in [9.17, 15) is 4.79 Å². The van der Waals surface area contributed by atoms with Crippen LogP contribution in [-0.2, 0) is 23.2 Å². The molecule has 3 aliphatic rings. The first kappa shape index (κ1) is 15.1. The number of aromatic nitrogens is 3. The third-order valence-corrected chi connectivity index (χ3v) is 6.26. The second-order valence-electron chi connectivity index (χ2n) is 7.99. The maximum absolute atomic E-state index is 12.3. The summed E-state index contributed by atoms with van der Waals surface area (Å²) in [7, 11) is 0. The van der Waals surface area contributed by atoms with Gasteiger partial charge in [-0.15, -0.1) is 5.10 Å². The van der Waals surface area contributed by atoms with Crippen molar-refractivity contribution in [1.82, 2.24) is 20.3 Å². The predicted molar refractivity (Wildman–Crippen MR) is 94.2 cm³/mol. The van der Waals surface area contributed by atoms with Gasteiger partial charge in [0.05, 0.1) is 5.69 Å². The number of amides is 1. The van der Waals surface area contributed by atoms with Crippen LogP contribution in [0.4, 0.5) is 0 Å². The molecule has 1 spiro atoms. The van der Waals surface area contributed by atoms with Crippen molar-refractivity contribution in [2.45, 2.75) is 56.4 Å². The standard InChI is InChI=1S/C20H24N4O/c25-19(13-24-12-18(22-23-24)15-7-8-15)21-11-16-10-20(16)9-3-5-14-4-1-2-6-17(14)20/h1-2,4,6,12,15-16H,3,5,7-11,13H2,(H,21,25)/t16-,20-/m0/s1. The van der Waals surface area contributed by atoms with Gasteiger partial charge in [0.15, 0.2) is 0 Å². The van der Waals surface area contributed by atoms with Gasteiger partial charge in [0.1, 0.15) is 6.54 Å². The Hall–Kier alpha value is -2.17. The summed E-state index contributed by atoms with van der Waals surface area (Å²) in [6.45, 7) is 1.05. The lowest BCUT2D eigenvalue weighted by atomic mass is 9.78. The Morgan fingerprint density at radius 2 is 2.20 bits per heavy atom. The van der Waals surface area contributed by atoms with E-state index in [0.717, 1.165) is 12.2 Å². The van der Waals surface area contributed by atoms with Crippen LogP contribution in [0.25, 0.3) is 0 Å². The van der Waals surface area contributed by atoms with Gasteiger partial charge in [-0.3, -0.25) is 4.79 Å².